The van der Waals surface area contributed by atoms with Crippen molar-refractivity contribution in [3.8, 4) is 5.69 Å². The first kappa shape index (κ1) is 22.7. The number of nitrogens with zero attached hydrogens (tertiary/aromatic N) is 3. The number of benzene rings is 2. The molecule has 0 N–H and O–H groups in total. The number of halogens is 2. The molecule has 0 aliphatic heterocycles. The molecule has 1 radical (unpaired) electrons. The Morgan fingerprint density at radius 1 is 1.00 bits per heavy atom. The molecule has 0 fully saturated rings. The standard InChI is InChI=1S/C25H23AsClFN3O/c1-16(2)26-15-19-7-5-6-18(29-19)11-13-24-30-22-12-10-17(28)14-20(22)25(32)31(24)23-9-4-3-8-21(23)27/h3-10,12,14,16H,11,13,15H2,1-2H3. The topological polar surface area (TPSA) is 47.8 Å². The van der Waals surface area contributed by atoms with Crippen molar-refractivity contribution in [2.75, 3.05) is 0 Å². The third-order valence-corrected chi connectivity index (χ3v) is 8.00. The molecule has 2 aromatic heterocycles. The van der Waals surface area contributed by atoms with Crippen molar-refractivity contribution >= 4 is 38.3 Å². The molecule has 7 heteroatoms. The summed E-state index contributed by atoms with van der Waals surface area (Å²) in [5.74, 6) is 0.0996. The maximum absolute atomic E-state index is 13.8. The fraction of sp³-hybridized carbons (Fsp3) is 0.240. The van der Waals surface area contributed by atoms with Crippen molar-refractivity contribution in [2.45, 2.75) is 36.6 Å². The summed E-state index contributed by atoms with van der Waals surface area (Å²) in [6, 6.07) is 17.3. The summed E-state index contributed by atoms with van der Waals surface area (Å²) >= 11 is 6.65. The van der Waals surface area contributed by atoms with Crippen LogP contribution in [0.15, 0.2) is 65.5 Å². The Hall–Kier alpha value is -2.49. The molecule has 0 amide bonds. The molecule has 32 heavy (non-hydrogen) atoms. The van der Waals surface area contributed by atoms with Crippen LogP contribution < -0.4 is 5.56 Å². The fourth-order valence-electron chi connectivity index (χ4n) is 3.53. The van der Waals surface area contributed by atoms with Gasteiger partial charge in [-0.2, -0.15) is 0 Å². The molecule has 2 aromatic carbocycles. The van der Waals surface area contributed by atoms with Gasteiger partial charge in [0.05, 0.1) is 0 Å². The van der Waals surface area contributed by atoms with Crippen LogP contribution in [0.25, 0.3) is 16.6 Å². The normalized spacial score (nSPS) is 11.8. The molecule has 0 saturated carbocycles. The molecular weight excluding hydrogens is 488 g/mol. The zero-order valence-electron chi connectivity index (χ0n) is 17.9. The molecule has 0 unspecified atom stereocenters. The second kappa shape index (κ2) is 9.97. The number of aromatic nitrogens is 3. The van der Waals surface area contributed by atoms with E-state index in [1.54, 1.807) is 24.3 Å². The van der Waals surface area contributed by atoms with Crippen LogP contribution in [0.5, 0.6) is 0 Å². The quantitative estimate of drug-likeness (QED) is 0.313. The van der Waals surface area contributed by atoms with Crippen molar-refractivity contribution in [1.29, 1.82) is 0 Å². The van der Waals surface area contributed by atoms with Crippen LogP contribution in [0.1, 0.15) is 31.1 Å². The van der Waals surface area contributed by atoms with E-state index in [0.717, 1.165) is 16.6 Å². The Morgan fingerprint density at radius 2 is 1.78 bits per heavy atom. The van der Waals surface area contributed by atoms with Gasteiger partial charge in [0, 0.05) is 0 Å². The van der Waals surface area contributed by atoms with E-state index in [4.69, 9.17) is 21.6 Å². The van der Waals surface area contributed by atoms with Crippen LogP contribution in [-0.4, -0.2) is 30.3 Å². The van der Waals surface area contributed by atoms with E-state index in [1.807, 2.05) is 18.2 Å². The van der Waals surface area contributed by atoms with Crippen LogP contribution in [0, 0.1) is 5.82 Å². The summed E-state index contributed by atoms with van der Waals surface area (Å²) in [5.41, 5.74) is 2.75. The molecule has 0 bridgehead atoms. The fourth-order valence-corrected chi connectivity index (χ4v) is 5.27. The van der Waals surface area contributed by atoms with Gasteiger partial charge >= 0.3 is 194 Å². The first-order valence-electron chi connectivity index (χ1n) is 10.5. The Balaban J connectivity index is 1.73. The summed E-state index contributed by atoms with van der Waals surface area (Å²) < 4.78 is 16.1. The van der Waals surface area contributed by atoms with Crippen molar-refractivity contribution < 1.29 is 4.39 Å². The van der Waals surface area contributed by atoms with Gasteiger partial charge in [0.15, 0.2) is 0 Å². The van der Waals surface area contributed by atoms with E-state index in [1.165, 1.54) is 16.7 Å². The predicted molar refractivity (Wildman–Crippen MR) is 129 cm³/mol. The molecule has 4 aromatic rings. The van der Waals surface area contributed by atoms with Crippen LogP contribution in [0.4, 0.5) is 4.39 Å². The molecule has 0 saturated heterocycles. The number of hydrogen-bond acceptors (Lipinski definition) is 3. The second-order valence-corrected chi connectivity index (χ2v) is 11.8. The van der Waals surface area contributed by atoms with Gasteiger partial charge in [0.2, 0.25) is 0 Å². The molecule has 4 nitrogen and oxygen atoms in total. The van der Waals surface area contributed by atoms with Crippen molar-refractivity contribution in [3.05, 3.63) is 99.1 Å². The summed E-state index contributed by atoms with van der Waals surface area (Å²) in [5, 5.41) is 1.70. The third-order valence-electron chi connectivity index (χ3n) is 5.08. The molecule has 2 heterocycles. The summed E-state index contributed by atoms with van der Waals surface area (Å²) in [4.78, 5) is 22.9. The van der Waals surface area contributed by atoms with Crippen LogP contribution in [-0.2, 0) is 18.1 Å². The number of rotatable bonds is 7. The van der Waals surface area contributed by atoms with Gasteiger partial charge in [0.1, 0.15) is 0 Å². The number of fused-ring (bicyclic) bond motifs is 1. The Labute approximate surface area is 198 Å². The Morgan fingerprint density at radius 3 is 2.56 bits per heavy atom. The van der Waals surface area contributed by atoms with Gasteiger partial charge in [-0.15, -0.1) is 0 Å². The minimum absolute atomic E-state index is 0.228. The van der Waals surface area contributed by atoms with E-state index >= 15 is 0 Å². The third kappa shape index (κ3) is 5.11. The summed E-state index contributed by atoms with van der Waals surface area (Å²) in [6.07, 6.45) is 1.14. The van der Waals surface area contributed by atoms with Gasteiger partial charge in [-0.25, -0.2) is 4.39 Å². The van der Waals surface area contributed by atoms with Crippen LogP contribution in [0.2, 0.25) is 9.73 Å². The monoisotopic (exact) mass is 510 g/mol. The number of hydrogen-bond donors (Lipinski definition) is 0. The van der Waals surface area contributed by atoms with Crippen molar-refractivity contribution in [1.82, 2.24) is 14.5 Å². The summed E-state index contributed by atoms with van der Waals surface area (Å²) in [7, 11) is 0. The second-order valence-electron chi connectivity index (χ2n) is 7.84. The average Bonchev–Trinajstić information content (AvgIpc) is 2.78. The van der Waals surface area contributed by atoms with Gasteiger partial charge < -0.3 is 0 Å². The first-order valence-corrected chi connectivity index (χ1v) is 13.3. The van der Waals surface area contributed by atoms with Crippen LogP contribution >= 0.6 is 11.6 Å². The molecule has 0 atom stereocenters. The zero-order chi connectivity index (χ0) is 22.7. The molecule has 0 aliphatic rings. The van der Waals surface area contributed by atoms with E-state index < -0.39 is 5.82 Å². The van der Waals surface area contributed by atoms with Gasteiger partial charge in [-0.05, 0) is 0 Å². The van der Waals surface area contributed by atoms with Gasteiger partial charge in [0.25, 0.3) is 0 Å². The van der Waals surface area contributed by atoms with Crippen molar-refractivity contribution in [2.24, 2.45) is 0 Å². The number of pyridine rings is 1. The van der Waals surface area contributed by atoms with Crippen LogP contribution in [0.3, 0.4) is 0 Å². The molecule has 0 spiro atoms. The van der Waals surface area contributed by atoms with E-state index in [-0.39, 0.29) is 26.7 Å². The summed E-state index contributed by atoms with van der Waals surface area (Å²) in [6.45, 7) is 4.49. The minimum atomic E-state index is -0.473. The predicted octanol–water partition coefficient (Wildman–Crippen LogP) is 5.39. The zero-order valence-corrected chi connectivity index (χ0v) is 20.6. The van der Waals surface area contributed by atoms with E-state index in [0.29, 0.717) is 39.6 Å². The van der Waals surface area contributed by atoms with Gasteiger partial charge in [-0.1, -0.05) is 0 Å². The average molecular weight is 511 g/mol. The molecule has 4 rings (SSSR count). The molecular formula is C25H23AsClFN3O. The molecule has 0 aliphatic carbocycles. The van der Waals surface area contributed by atoms with Crippen molar-refractivity contribution in [3.63, 3.8) is 0 Å². The molecule has 163 valence electrons. The maximum atomic E-state index is 13.8. The van der Waals surface area contributed by atoms with Gasteiger partial charge in [-0.3, -0.25) is 0 Å². The number of aryl methyl sites for hydroxylation is 2. The Kier molecular flexibility index (Phi) is 7.07. The SMILES string of the molecule is CC(C)[As]Cc1cccc(CCc2nc3ccc(F)cc3c(=O)n2-c2ccccc2Cl)n1. The Bertz CT molecular complexity index is 1320. The van der Waals surface area contributed by atoms with E-state index in [2.05, 4.69) is 19.9 Å². The first-order chi connectivity index (χ1) is 15.4. The number of para-hydroxylation sites is 1. The van der Waals surface area contributed by atoms with E-state index in [9.17, 15) is 9.18 Å².